The number of carbonyl (C=O) groups is 3. The van der Waals surface area contributed by atoms with Crippen LogP contribution in [-0.2, 0) is 29.9 Å². The van der Waals surface area contributed by atoms with Crippen molar-refractivity contribution in [2.75, 3.05) is 70.3 Å². The highest BCUT2D eigenvalue weighted by Gasteiger charge is 2.30. The van der Waals surface area contributed by atoms with E-state index in [1.54, 1.807) is 71.9 Å². The van der Waals surface area contributed by atoms with Crippen LogP contribution in [0.5, 0.6) is 0 Å². The average molecular weight is 1180 g/mol. The van der Waals surface area contributed by atoms with Gasteiger partial charge in [-0.25, -0.2) is 15.0 Å². The molecule has 3 amide bonds. The Morgan fingerprint density at radius 1 is 0.563 bits per heavy atom. The van der Waals surface area contributed by atoms with Gasteiger partial charge in [-0.05, 0) is 183 Å². The Hall–Kier alpha value is -8.31. The van der Waals surface area contributed by atoms with E-state index in [0.29, 0.717) is 62.9 Å². The lowest BCUT2D eigenvalue weighted by Gasteiger charge is -2.36. The molecule has 2 fully saturated rings. The van der Waals surface area contributed by atoms with E-state index in [4.69, 9.17) is 5.10 Å². The summed E-state index contributed by atoms with van der Waals surface area (Å²) < 4.78 is 5.85. The fourth-order valence-electron chi connectivity index (χ4n) is 10.9. The summed E-state index contributed by atoms with van der Waals surface area (Å²) in [6.45, 7) is 21.3. The number of amides is 3. The molecule has 8 heterocycles. The Labute approximate surface area is 508 Å². The van der Waals surface area contributed by atoms with Crippen LogP contribution in [0.4, 0.5) is 17.1 Å². The zero-order chi connectivity index (χ0) is 62.7. The number of carbonyl (C=O) groups excluding carboxylic acids is 3. The molecule has 11 rings (SSSR count). The molecule has 21 nitrogen and oxygen atoms in total. The molecular formula is C66H83N15O6. The Morgan fingerprint density at radius 3 is 1.36 bits per heavy atom. The van der Waals surface area contributed by atoms with Crippen molar-refractivity contribution < 1.29 is 29.7 Å². The fraction of sp³-hybridized carbons (Fsp3) is 0.409. The standard InChI is InChI=1S/C24H31N5O2.C21H25N5O2.C21H27N5O2/c1-16-8-7-10-20(25-16)23(30)26-22-12-17-14-29(15-18-9-5-6-11-28(18)4)27-21(17)13-19(22)24(2,3)31;1-13-6-5-7-17(22-13)20(27)23-19-8-14-10-26(15-11-25(4)12-15)24-18(14)9-16(19)21(2,3)28;1-14-7-6-8-17(22-14)20(27)23-19-11-15-13-26(10-9-25(4)5)24-18(15)12-16(19)21(2,3)28/h7-8,10,12-14,18,31H,5-6,9,11,15H2,1-4H3,(H,26,30);5-10,15,28H,11-12H2,1-4H3,(H,23,27);6-8,11-13,28H,9-10H2,1-5H3,(H,23,27). The molecule has 21 heteroatoms. The summed E-state index contributed by atoms with van der Waals surface area (Å²) in [7, 11) is 8.29. The number of aryl methyl sites for hydroxylation is 3. The number of aromatic nitrogens is 9. The SMILES string of the molecule is Cc1cccc(C(=O)Nc2cc3cn(C4CN(C)C4)nc3cc2C(C)(C)O)n1.Cc1cccc(C(=O)Nc2cc3cn(CC4CCCCN4C)nc3cc2C(C)(C)O)n1.Cc1cccc(C(=O)Nc2cc3cn(CCN(C)C)nc3cc2C(C)(C)O)n1. The van der Waals surface area contributed by atoms with Gasteiger partial charge in [-0.3, -0.25) is 28.4 Å². The van der Waals surface area contributed by atoms with Crippen LogP contribution < -0.4 is 16.0 Å². The first kappa shape index (κ1) is 63.2. The highest BCUT2D eigenvalue weighted by atomic mass is 16.3. The lowest BCUT2D eigenvalue weighted by atomic mass is 9.95. The van der Waals surface area contributed by atoms with E-state index in [2.05, 4.69) is 69.9 Å². The number of pyridine rings is 3. The average Bonchev–Trinajstić information content (AvgIpc) is 2.08. The van der Waals surface area contributed by atoms with Crippen LogP contribution in [0.15, 0.2) is 110 Å². The number of nitrogens with one attached hydrogen (secondary N) is 3. The molecule has 2 aliphatic rings. The third kappa shape index (κ3) is 15.8. The van der Waals surface area contributed by atoms with Gasteiger partial charge in [0.05, 0.1) is 52.5 Å². The maximum Gasteiger partial charge on any atom is 0.274 e. The number of piperidine rings is 1. The molecule has 87 heavy (non-hydrogen) atoms. The van der Waals surface area contributed by atoms with Gasteiger partial charge in [0.2, 0.25) is 0 Å². The lowest BCUT2D eigenvalue weighted by molar-refractivity contribution is 0.0786. The number of hydrogen-bond acceptors (Lipinski definition) is 15. The Morgan fingerprint density at radius 2 is 0.966 bits per heavy atom. The van der Waals surface area contributed by atoms with Gasteiger partial charge in [-0.1, -0.05) is 24.6 Å². The third-order valence-electron chi connectivity index (χ3n) is 15.6. The summed E-state index contributed by atoms with van der Waals surface area (Å²) in [4.78, 5) is 57.8. The third-order valence-corrected chi connectivity index (χ3v) is 15.6. The quantitative estimate of drug-likeness (QED) is 0.0560. The van der Waals surface area contributed by atoms with Gasteiger partial charge in [-0.2, -0.15) is 15.3 Å². The molecule has 2 aliphatic heterocycles. The molecule has 0 radical (unpaired) electrons. The van der Waals surface area contributed by atoms with Crippen LogP contribution >= 0.6 is 0 Å². The van der Waals surface area contributed by atoms with Crippen LogP contribution in [0.2, 0.25) is 0 Å². The van der Waals surface area contributed by atoms with Crippen molar-refractivity contribution >= 4 is 67.5 Å². The number of aliphatic hydroxyl groups is 3. The predicted octanol–water partition coefficient (Wildman–Crippen LogP) is 9.19. The molecule has 0 aliphatic carbocycles. The first-order valence-corrected chi connectivity index (χ1v) is 29.6. The Balaban J connectivity index is 0.000000156. The normalized spacial score (nSPS) is 15.2. The van der Waals surface area contributed by atoms with Gasteiger partial charge in [0.25, 0.3) is 17.7 Å². The summed E-state index contributed by atoms with van der Waals surface area (Å²) in [5.41, 5.74) is 5.90. The van der Waals surface area contributed by atoms with Gasteiger partial charge in [0.15, 0.2) is 0 Å². The second-order valence-corrected chi connectivity index (χ2v) is 25.1. The monoisotopic (exact) mass is 1180 g/mol. The highest BCUT2D eigenvalue weighted by molar-refractivity contribution is 6.06. The number of anilines is 3. The van der Waals surface area contributed by atoms with Gasteiger partial charge >= 0.3 is 0 Å². The molecule has 0 bridgehead atoms. The summed E-state index contributed by atoms with van der Waals surface area (Å²) in [5.74, 6) is -0.917. The van der Waals surface area contributed by atoms with Gasteiger partial charge in [0.1, 0.15) is 17.1 Å². The van der Waals surface area contributed by atoms with Crippen molar-refractivity contribution in [1.29, 1.82) is 0 Å². The number of hydrogen-bond donors (Lipinski definition) is 6. The van der Waals surface area contributed by atoms with Crippen molar-refractivity contribution in [3.8, 4) is 0 Å². The number of rotatable bonds is 15. The van der Waals surface area contributed by atoms with Gasteiger partial charge in [-0.15, -0.1) is 0 Å². The number of fused-ring (bicyclic) bond motifs is 3. The van der Waals surface area contributed by atoms with Crippen molar-refractivity contribution in [3.05, 3.63) is 160 Å². The van der Waals surface area contributed by atoms with E-state index < -0.39 is 16.8 Å². The second-order valence-electron chi connectivity index (χ2n) is 25.1. The zero-order valence-electron chi connectivity index (χ0n) is 52.3. The fourth-order valence-corrected chi connectivity index (χ4v) is 10.9. The first-order chi connectivity index (χ1) is 41.0. The van der Waals surface area contributed by atoms with Crippen molar-refractivity contribution in [3.63, 3.8) is 0 Å². The number of likely N-dealkylation sites (N-methyl/N-ethyl adjacent to an activating group) is 3. The van der Waals surface area contributed by atoms with E-state index in [9.17, 15) is 29.7 Å². The van der Waals surface area contributed by atoms with Crippen LogP contribution in [-0.4, -0.2) is 152 Å². The molecule has 9 aromatic rings. The smallest absolute Gasteiger partial charge is 0.274 e. The predicted molar refractivity (Wildman–Crippen MR) is 341 cm³/mol. The minimum Gasteiger partial charge on any atom is -0.386 e. The van der Waals surface area contributed by atoms with Crippen molar-refractivity contribution in [2.45, 2.75) is 124 Å². The van der Waals surface area contributed by atoms with E-state index in [1.165, 1.54) is 19.3 Å². The lowest BCUT2D eigenvalue weighted by Crippen LogP contribution is -2.45. The van der Waals surface area contributed by atoms with E-state index >= 15 is 0 Å². The largest absolute Gasteiger partial charge is 0.386 e. The molecular weight excluding hydrogens is 1100 g/mol. The Kier molecular flexibility index (Phi) is 18.9. The number of nitrogens with zero attached hydrogens (tertiary/aromatic N) is 12. The highest BCUT2D eigenvalue weighted by Crippen LogP contribution is 2.36. The van der Waals surface area contributed by atoms with Gasteiger partial charge < -0.3 is 46.0 Å². The maximum atomic E-state index is 12.8. The molecule has 3 aromatic carbocycles. The zero-order valence-corrected chi connectivity index (χ0v) is 52.3. The molecule has 1 atom stereocenters. The molecule has 2 saturated heterocycles. The molecule has 1 unspecified atom stereocenters. The summed E-state index contributed by atoms with van der Waals surface area (Å²) in [6.07, 6.45) is 9.65. The van der Waals surface area contributed by atoms with Crippen LogP contribution in [0.1, 0.15) is 132 Å². The van der Waals surface area contributed by atoms with Crippen molar-refractivity contribution in [1.82, 2.24) is 59.0 Å². The molecule has 6 N–H and O–H groups in total. The summed E-state index contributed by atoms with van der Waals surface area (Å²) in [5, 5.41) is 57.6. The molecule has 6 aromatic heterocycles. The molecule has 458 valence electrons. The number of likely N-dealkylation sites (tertiary alicyclic amines) is 2. The first-order valence-electron chi connectivity index (χ1n) is 29.6. The summed E-state index contributed by atoms with van der Waals surface area (Å²) >= 11 is 0. The molecule has 0 spiro atoms. The van der Waals surface area contributed by atoms with E-state index in [1.807, 2.05) is 128 Å². The van der Waals surface area contributed by atoms with Crippen molar-refractivity contribution in [2.24, 2.45) is 0 Å². The second kappa shape index (κ2) is 26.0. The summed E-state index contributed by atoms with van der Waals surface area (Å²) in [6, 6.07) is 28.0. The minimum absolute atomic E-state index is 0.301. The van der Waals surface area contributed by atoms with Crippen LogP contribution in [0.25, 0.3) is 32.7 Å². The molecule has 0 saturated carbocycles. The van der Waals surface area contributed by atoms with E-state index in [-0.39, 0.29) is 17.7 Å². The van der Waals surface area contributed by atoms with Gasteiger partial charge in [0, 0.05) is 111 Å². The Bertz CT molecular complexity index is 3950. The minimum atomic E-state index is -1.13. The van der Waals surface area contributed by atoms with Crippen LogP contribution in [0.3, 0.4) is 0 Å². The number of benzene rings is 3. The van der Waals surface area contributed by atoms with Crippen LogP contribution in [0, 0.1) is 20.8 Å². The maximum absolute atomic E-state index is 12.8. The van der Waals surface area contributed by atoms with E-state index in [0.717, 1.165) is 89.1 Å². The topological polar surface area (TPSA) is 250 Å².